The molecule has 0 radical (unpaired) electrons. The van der Waals surface area contributed by atoms with Gasteiger partial charge in [0.15, 0.2) is 0 Å². The molecule has 4 nitrogen and oxygen atoms in total. The minimum Gasteiger partial charge on any atom is -0.326 e. The lowest BCUT2D eigenvalue weighted by Gasteiger charge is -2.23. The van der Waals surface area contributed by atoms with Crippen LogP contribution >= 0.6 is 0 Å². The highest BCUT2D eigenvalue weighted by molar-refractivity contribution is 5.76. The summed E-state index contributed by atoms with van der Waals surface area (Å²) in [5.41, 5.74) is 0. The van der Waals surface area contributed by atoms with Crippen molar-refractivity contribution in [3.63, 3.8) is 0 Å². The van der Waals surface area contributed by atoms with Gasteiger partial charge in [-0.1, -0.05) is 13.3 Å². The Morgan fingerprint density at radius 2 is 2.18 bits per heavy atom. The first-order chi connectivity index (χ1) is 8.22. The lowest BCUT2D eigenvalue weighted by molar-refractivity contribution is 0.194. The fourth-order valence-electron chi connectivity index (χ4n) is 3.15. The fourth-order valence-corrected chi connectivity index (χ4v) is 3.15. The van der Waals surface area contributed by atoms with Crippen LogP contribution in [-0.4, -0.2) is 55.1 Å². The van der Waals surface area contributed by atoms with Crippen LogP contribution in [0.25, 0.3) is 0 Å². The molecule has 17 heavy (non-hydrogen) atoms. The molecule has 4 heteroatoms. The molecule has 2 unspecified atom stereocenters. The zero-order valence-electron chi connectivity index (χ0n) is 11.1. The minimum absolute atomic E-state index is 0.211. The van der Waals surface area contributed by atoms with E-state index in [2.05, 4.69) is 12.2 Å². The quantitative estimate of drug-likeness (QED) is 0.789. The molecule has 0 aromatic carbocycles. The van der Waals surface area contributed by atoms with Gasteiger partial charge in [-0.2, -0.15) is 0 Å². The number of amides is 2. The average Bonchev–Trinajstić information content (AvgIpc) is 2.87. The van der Waals surface area contributed by atoms with E-state index in [1.165, 1.54) is 19.3 Å². The highest BCUT2D eigenvalue weighted by Crippen LogP contribution is 2.28. The highest BCUT2D eigenvalue weighted by atomic mass is 16.2. The zero-order valence-corrected chi connectivity index (χ0v) is 11.1. The molecule has 1 saturated heterocycles. The number of rotatable bonds is 5. The standard InChI is InChI=1S/C13H25N3O/c1-3-14-12-6-4-5-11(12)7-8-16-10-9-15(2)13(16)17/h11-12,14H,3-10H2,1-2H3. The van der Waals surface area contributed by atoms with Crippen LogP contribution < -0.4 is 5.32 Å². The van der Waals surface area contributed by atoms with Gasteiger partial charge in [-0.25, -0.2) is 4.79 Å². The van der Waals surface area contributed by atoms with Crippen LogP contribution in [-0.2, 0) is 0 Å². The molecule has 2 aliphatic rings. The molecule has 2 atom stereocenters. The van der Waals surface area contributed by atoms with Crippen molar-refractivity contribution >= 4 is 6.03 Å². The Kier molecular flexibility index (Phi) is 4.26. The third-order valence-electron chi connectivity index (χ3n) is 4.20. The molecule has 0 spiro atoms. The number of hydrogen-bond donors (Lipinski definition) is 1. The zero-order chi connectivity index (χ0) is 12.3. The fraction of sp³-hybridized carbons (Fsp3) is 0.923. The van der Waals surface area contributed by atoms with Crippen molar-refractivity contribution in [3.05, 3.63) is 0 Å². The van der Waals surface area contributed by atoms with E-state index in [4.69, 9.17) is 0 Å². The summed E-state index contributed by atoms with van der Waals surface area (Å²) < 4.78 is 0. The Hall–Kier alpha value is -0.770. The number of likely N-dealkylation sites (N-methyl/N-ethyl adjacent to an activating group) is 1. The van der Waals surface area contributed by atoms with Gasteiger partial charge in [0.25, 0.3) is 0 Å². The second-order valence-electron chi connectivity index (χ2n) is 5.34. The summed E-state index contributed by atoms with van der Waals surface area (Å²) in [7, 11) is 1.89. The van der Waals surface area contributed by atoms with Crippen molar-refractivity contribution in [2.24, 2.45) is 5.92 Å². The maximum Gasteiger partial charge on any atom is 0.319 e. The summed E-state index contributed by atoms with van der Waals surface area (Å²) in [6, 6.07) is 0.901. The van der Waals surface area contributed by atoms with Crippen LogP contribution in [0.4, 0.5) is 4.79 Å². The third-order valence-corrected chi connectivity index (χ3v) is 4.20. The average molecular weight is 239 g/mol. The van der Waals surface area contributed by atoms with Crippen molar-refractivity contribution in [2.45, 2.75) is 38.6 Å². The molecule has 2 fully saturated rings. The Morgan fingerprint density at radius 1 is 1.35 bits per heavy atom. The molecule has 1 heterocycles. The Labute approximate surface area is 104 Å². The molecule has 1 N–H and O–H groups in total. The number of urea groups is 1. The van der Waals surface area contributed by atoms with Crippen LogP contribution in [0.2, 0.25) is 0 Å². The predicted molar refractivity (Wildman–Crippen MR) is 69.0 cm³/mol. The molecule has 1 aliphatic carbocycles. The van der Waals surface area contributed by atoms with Gasteiger partial charge in [-0.15, -0.1) is 0 Å². The van der Waals surface area contributed by atoms with Gasteiger partial charge in [0, 0.05) is 32.7 Å². The SMILES string of the molecule is CCNC1CCCC1CCN1CCN(C)C1=O. The minimum atomic E-state index is 0.211. The summed E-state index contributed by atoms with van der Waals surface area (Å²) >= 11 is 0. The summed E-state index contributed by atoms with van der Waals surface area (Å²) in [5.74, 6) is 0.772. The lowest BCUT2D eigenvalue weighted by atomic mass is 9.99. The van der Waals surface area contributed by atoms with Crippen LogP contribution in [0, 0.1) is 5.92 Å². The summed E-state index contributed by atoms with van der Waals surface area (Å²) in [6.07, 6.45) is 5.15. The molecule has 1 aliphatic heterocycles. The van der Waals surface area contributed by atoms with E-state index in [1.54, 1.807) is 0 Å². The Balaban J connectivity index is 1.76. The molecule has 0 aromatic heterocycles. The molecule has 2 amide bonds. The van der Waals surface area contributed by atoms with Crippen molar-refractivity contribution < 1.29 is 4.79 Å². The molecule has 0 aromatic rings. The van der Waals surface area contributed by atoms with Gasteiger partial charge < -0.3 is 15.1 Å². The van der Waals surface area contributed by atoms with E-state index >= 15 is 0 Å². The largest absolute Gasteiger partial charge is 0.326 e. The van der Waals surface area contributed by atoms with Gasteiger partial charge in [0.05, 0.1) is 0 Å². The van der Waals surface area contributed by atoms with Gasteiger partial charge in [0.2, 0.25) is 0 Å². The molecular weight excluding hydrogens is 214 g/mol. The van der Waals surface area contributed by atoms with E-state index in [9.17, 15) is 4.79 Å². The maximum atomic E-state index is 11.8. The van der Waals surface area contributed by atoms with Crippen LogP contribution in [0.15, 0.2) is 0 Å². The molecule has 2 rings (SSSR count). The monoisotopic (exact) mass is 239 g/mol. The van der Waals surface area contributed by atoms with Gasteiger partial charge in [-0.3, -0.25) is 0 Å². The first-order valence-corrected chi connectivity index (χ1v) is 6.95. The number of nitrogens with zero attached hydrogens (tertiary/aromatic N) is 2. The number of carbonyl (C=O) groups excluding carboxylic acids is 1. The third kappa shape index (κ3) is 2.92. The number of carbonyl (C=O) groups is 1. The van der Waals surface area contributed by atoms with Gasteiger partial charge >= 0.3 is 6.03 Å². The normalized spacial score (nSPS) is 29.4. The smallest absolute Gasteiger partial charge is 0.319 e. The summed E-state index contributed by atoms with van der Waals surface area (Å²) in [4.78, 5) is 15.6. The summed E-state index contributed by atoms with van der Waals surface area (Å²) in [5, 5.41) is 3.58. The Morgan fingerprint density at radius 3 is 2.82 bits per heavy atom. The van der Waals surface area contributed by atoms with Crippen molar-refractivity contribution in [1.82, 2.24) is 15.1 Å². The lowest BCUT2D eigenvalue weighted by Crippen LogP contribution is -2.36. The maximum absolute atomic E-state index is 11.8. The Bertz CT molecular complexity index is 269. The van der Waals surface area contributed by atoms with E-state index < -0.39 is 0 Å². The van der Waals surface area contributed by atoms with Crippen molar-refractivity contribution in [2.75, 3.05) is 33.2 Å². The molecular formula is C13H25N3O. The molecule has 1 saturated carbocycles. The van der Waals surface area contributed by atoms with Crippen LogP contribution in [0.5, 0.6) is 0 Å². The van der Waals surface area contributed by atoms with Gasteiger partial charge in [0.1, 0.15) is 0 Å². The van der Waals surface area contributed by atoms with Crippen molar-refractivity contribution in [1.29, 1.82) is 0 Å². The highest BCUT2D eigenvalue weighted by Gasteiger charge is 2.29. The first-order valence-electron chi connectivity index (χ1n) is 6.95. The van der Waals surface area contributed by atoms with Crippen LogP contribution in [0.3, 0.4) is 0 Å². The van der Waals surface area contributed by atoms with Crippen molar-refractivity contribution in [3.8, 4) is 0 Å². The van der Waals surface area contributed by atoms with E-state index in [0.29, 0.717) is 6.04 Å². The second kappa shape index (κ2) is 5.71. The van der Waals surface area contributed by atoms with Gasteiger partial charge in [-0.05, 0) is 31.7 Å². The number of hydrogen-bond acceptors (Lipinski definition) is 2. The number of nitrogens with one attached hydrogen (secondary N) is 1. The topological polar surface area (TPSA) is 35.6 Å². The van der Waals surface area contributed by atoms with E-state index in [1.807, 2.05) is 16.8 Å². The predicted octanol–water partition coefficient (Wildman–Crippen LogP) is 1.52. The summed E-state index contributed by atoms with van der Waals surface area (Å²) in [6.45, 7) is 5.98. The first kappa shape index (κ1) is 12.7. The second-order valence-corrected chi connectivity index (χ2v) is 5.34. The van der Waals surface area contributed by atoms with Crippen LogP contribution in [0.1, 0.15) is 32.6 Å². The van der Waals surface area contributed by atoms with E-state index in [-0.39, 0.29) is 6.03 Å². The molecule has 98 valence electrons. The molecule has 0 bridgehead atoms. The van der Waals surface area contributed by atoms with E-state index in [0.717, 1.165) is 38.5 Å².